The van der Waals surface area contributed by atoms with Crippen molar-refractivity contribution in [3.05, 3.63) is 0 Å². The number of rotatable bonds is 0. The Morgan fingerprint density at radius 3 is 1.17 bits per heavy atom. The Labute approximate surface area is 77.3 Å². The summed E-state index contributed by atoms with van der Waals surface area (Å²) in [5.74, 6) is 0. The van der Waals surface area contributed by atoms with E-state index in [0.717, 1.165) is 0 Å². The molecular weight excluding hydrogens is 388 g/mol. The van der Waals surface area contributed by atoms with Crippen LogP contribution in [0.25, 0.3) is 0 Å². The molecule has 0 aromatic heterocycles. The predicted octanol–water partition coefficient (Wildman–Crippen LogP) is -1.83. The Hall–Kier alpha value is 1.59. The molecule has 0 radical (unpaired) electrons. The van der Waals surface area contributed by atoms with Gasteiger partial charge in [0, 0.05) is 0 Å². The maximum atomic E-state index is 8.75. The van der Waals surface area contributed by atoms with Crippen LogP contribution in [0.1, 0.15) is 0 Å². The summed E-state index contributed by atoms with van der Waals surface area (Å²) in [5.41, 5.74) is 0. The molecule has 0 aliphatic heterocycles. The first kappa shape index (κ1) is 10.6. The second kappa shape index (κ2) is 3.58. The first-order valence-electron chi connectivity index (χ1n) is 0.632. The normalized spacial score (nSPS) is 9.50. The van der Waals surface area contributed by atoms with Gasteiger partial charge in [-0.3, -0.25) is 0 Å². The third kappa shape index (κ3) is 46.5. The zero-order chi connectivity index (χ0) is 4.50. The van der Waals surface area contributed by atoms with Crippen molar-refractivity contribution in [2.75, 3.05) is 0 Å². The van der Waals surface area contributed by atoms with Gasteiger partial charge >= 0.3 is 78.9 Å². The molecule has 0 fully saturated rings. The second-order valence-electron chi connectivity index (χ2n) is 0.396. The molecule has 0 atom stereocenters. The summed E-state index contributed by atoms with van der Waals surface area (Å²) in [6, 6.07) is 0. The fourth-order valence-electron chi connectivity index (χ4n) is 0. The zero-order valence-electron chi connectivity index (χ0n) is 2.05. The van der Waals surface area contributed by atoms with Gasteiger partial charge in [0.05, 0.1) is 0 Å². The van der Waals surface area contributed by atoms with Crippen LogP contribution in [-0.4, -0.2) is 52.7 Å². The van der Waals surface area contributed by atoms with Crippen LogP contribution in [0, 0.1) is 0 Å². The van der Waals surface area contributed by atoms with Crippen molar-refractivity contribution in [1.82, 2.24) is 0 Å². The first-order valence-corrected chi connectivity index (χ1v) is 5.17. The summed E-state index contributed by atoms with van der Waals surface area (Å²) in [6.45, 7) is 0. The third-order valence-corrected chi connectivity index (χ3v) is 0. The molecular formula is H3BaO4Re. The summed E-state index contributed by atoms with van der Waals surface area (Å²) in [5, 5.41) is 0. The summed E-state index contributed by atoms with van der Waals surface area (Å²) in [7, 11) is 0. The summed E-state index contributed by atoms with van der Waals surface area (Å²) in [4.78, 5) is 0. The van der Waals surface area contributed by atoms with Gasteiger partial charge in [-0.25, -0.2) is 0 Å². The standard InChI is InChI=1S/Ba.H2O.3O.Re.2H/h;1H2;;;;;;/q;;;;;+1;;/p-1. The Bertz CT molecular complexity index is 129. The third-order valence-electron chi connectivity index (χ3n) is 0. The van der Waals surface area contributed by atoms with Crippen LogP contribution >= 0.6 is 0 Å². The molecule has 0 rings (SSSR count). The van der Waals surface area contributed by atoms with Gasteiger partial charge in [0.2, 0.25) is 0 Å². The average Bonchev–Trinajstić information content (AvgIpc) is 0.722. The van der Waals surface area contributed by atoms with Gasteiger partial charge in [-0.05, 0) is 0 Å². The molecule has 0 saturated heterocycles. The molecule has 6 heteroatoms. The molecule has 0 aliphatic rings. The van der Waals surface area contributed by atoms with E-state index >= 15 is 0 Å². The SMILES string of the molecule is [BaH2].[O]=[Re](=[O])(=[O])[OH]. The van der Waals surface area contributed by atoms with Crippen molar-refractivity contribution in [2.24, 2.45) is 0 Å². The minimum atomic E-state index is -5.86. The zero-order valence-corrected chi connectivity index (χ0v) is 4.77. The Morgan fingerprint density at radius 1 is 1.17 bits per heavy atom. The van der Waals surface area contributed by atoms with Crippen LogP contribution in [0.3, 0.4) is 0 Å². The van der Waals surface area contributed by atoms with Crippen LogP contribution in [-0.2, 0) is 26.2 Å². The molecule has 36 valence electrons. The quantitative estimate of drug-likeness (QED) is 0.494. The summed E-state index contributed by atoms with van der Waals surface area (Å²) >= 11 is -5.86. The average molecular weight is 391 g/mol. The van der Waals surface area contributed by atoms with Crippen LogP contribution in [0.15, 0.2) is 0 Å². The van der Waals surface area contributed by atoms with Gasteiger partial charge in [0.25, 0.3) is 0 Å². The molecule has 0 spiro atoms. The molecule has 4 nitrogen and oxygen atoms in total. The van der Waals surface area contributed by atoms with E-state index in [2.05, 4.69) is 0 Å². The van der Waals surface area contributed by atoms with Crippen molar-refractivity contribution in [3.63, 3.8) is 0 Å². The molecule has 0 amide bonds. The van der Waals surface area contributed by atoms with E-state index in [1.54, 1.807) is 0 Å². The topological polar surface area (TPSA) is 71.4 Å². The Morgan fingerprint density at radius 2 is 1.17 bits per heavy atom. The molecule has 0 saturated carbocycles. The van der Waals surface area contributed by atoms with E-state index in [-0.39, 0.29) is 48.9 Å². The minimum absolute atomic E-state index is 0. The number of hydrogen-bond acceptors (Lipinski definition) is 3. The Kier molecular flexibility index (Phi) is 6.29. The molecule has 0 aromatic rings. The van der Waals surface area contributed by atoms with Gasteiger partial charge in [-0.2, -0.15) is 0 Å². The van der Waals surface area contributed by atoms with E-state index in [9.17, 15) is 0 Å². The molecule has 0 heterocycles. The second-order valence-corrected chi connectivity index (χ2v) is 3.24. The van der Waals surface area contributed by atoms with Crippen LogP contribution < -0.4 is 0 Å². The fraction of sp³-hybridized carbons (Fsp3) is 0. The van der Waals surface area contributed by atoms with Gasteiger partial charge in [0.15, 0.2) is 0 Å². The van der Waals surface area contributed by atoms with Crippen molar-refractivity contribution in [3.8, 4) is 0 Å². The summed E-state index contributed by atoms with van der Waals surface area (Å²) in [6.07, 6.45) is 0. The van der Waals surface area contributed by atoms with Crippen LogP contribution in [0.5, 0.6) is 0 Å². The monoisotopic (exact) mass is 392 g/mol. The van der Waals surface area contributed by atoms with Crippen LogP contribution in [0.4, 0.5) is 0 Å². The molecule has 6 heavy (non-hydrogen) atoms. The van der Waals surface area contributed by atoms with E-state index in [1.165, 1.54) is 0 Å². The van der Waals surface area contributed by atoms with Crippen molar-refractivity contribution < 1.29 is 30.0 Å². The van der Waals surface area contributed by atoms with Gasteiger partial charge in [-0.1, -0.05) is 0 Å². The summed E-state index contributed by atoms with van der Waals surface area (Å²) < 4.78 is 33.3. The van der Waals surface area contributed by atoms with E-state index in [1.807, 2.05) is 0 Å². The van der Waals surface area contributed by atoms with E-state index in [4.69, 9.17) is 14.2 Å². The van der Waals surface area contributed by atoms with Crippen molar-refractivity contribution in [1.29, 1.82) is 0 Å². The van der Waals surface area contributed by atoms with Crippen LogP contribution in [0.2, 0.25) is 0 Å². The maximum absolute atomic E-state index is 8.75. The molecule has 0 aliphatic carbocycles. The van der Waals surface area contributed by atoms with E-state index < -0.39 is 15.8 Å². The molecule has 1 N–H and O–H groups in total. The first-order chi connectivity index (χ1) is 2.00. The molecule has 0 aromatic carbocycles. The van der Waals surface area contributed by atoms with Crippen molar-refractivity contribution >= 4 is 48.9 Å². The molecule has 0 bridgehead atoms. The Balaban J connectivity index is 0. The van der Waals surface area contributed by atoms with Gasteiger partial charge in [-0.15, -0.1) is 0 Å². The van der Waals surface area contributed by atoms with Gasteiger partial charge < -0.3 is 0 Å². The van der Waals surface area contributed by atoms with Crippen molar-refractivity contribution in [2.45, 2.75) is 0 Å². The molecule has 0 unspecified atom stereocenters. The fourth-order valence-corrected chi connectivity index (χ4v) is 0. The number of hydrogen-bond donors (Lipinski definition) is 1. The van der Waals surface area contributed by atoms with Gasteiger partial charge in [0.1, 0.15) is 0 Å². The predicted molar refractivity (Wildman–Crippen MR) is 12.8 cm³/mol. The van der Waals surface area contributed by atoms with E-state index in [0.29, 0.717) is 0 Å².